The van der Waals surface area contributed by atoms with Gasteiger partial charge in [0.05, 0.1) is 12.7 Å². The average Bonchev–Trinajstić information content (AvgIpc) is 2.90. The largest absolute Gasteiger partial charge is 0.309 e. The number of aromatic nitrogens is 4. The monoisotopic (exact) mass is 315 g/mol. The standard InChI is InChI=1S/C17H25N5O/c1-11-5-3-6-12-7-4-8-22(15(11)12)10-14-19-16-13(17(23)20-14)9-18-21(16)2/h9,11-12,15H,3-8,10H2,1-2H3,(H,19,20,23)/t11-,12+,15-/m1/s1. The Morgan fingerprint density at radius 2 is 2.13 bits per heavy atom. The molecule has 1 saturated carbocycles. The van der Waals surface area contributed by atoms with E-state index < -0.39 is 0 Å². The van der Waals surface area contributed by atoms with Gasteiger partial charge in [0.15, 0.2) is 5.65 Å². The molecule has 3 heterocycles. The minimum absolute atomic E-state index is 0.0802. The molecule has 0 unspecified atom stereocenters. The van der Waals surface area contributed by atoms with Crippen LogP contribution in [0.5, 0.6) is 0 Å². The molecule has 6 nitrogen and oxygen atoms in total. The number of aromatic amines is 1. The van der Waals surface area contributed by atoms with Crippen LogP contribution < -0.4 is 5.56 Å². The lowest BCUT2D eigenvalue weighted by Gasteiger charge is -2.47. The predicted octanol–water partition coefficient (Wildman–Crippen LogP) is 2.06. The number of hydrogen-bond acceptors (Lipinski definition) is 4. The summed E-state index contributed by atoms with van der Waals surface area (Å²) in [5.41, 5.74) is 0.595. The number of H-pyrrole nitrogens is 1. The molecule has 2 aromatic heterocycles. The minimum Gasteiger partial charge on any atom is -0.309 e. The maximum Gasteiger partial charge on any atom is 0.262 e. The van der Waals surface area contributed by atoms with Crippen LogP contribution in [0, 0.1) is 11.8 Å². The van der Waals surface area contributed by atoms with E-state index in [2.05, 4.69) is 26.9 Å². The number of hydrogen-bond donors (Lipinski definition) is 1. The van der Waals surface area contributed by atoms with Gasteiger partial charge in [-0.1, -0.05) is 13.3 Å². The van der Waals surface area contributed by atoms with Gasteiger partial charge < -0.3 is 4.98 Å². The zero-order chi connectivity index (χ0) is 16.0. The average molecular weight is 315 g/mol. The number of nitrogens with zero attached hydrogens (tertiary/aromatic N) is 4. The number of nitrogens with one attached hydrogen (secondary N) is 1. The van der Waals surface area contributed by atoms with Crippen molar-refractivity contribution in [2.24, 2.45) is 18.9 Å². The molecule has 0 amide bonds. The molecule has 1 saturated heterocycles. The van der Waals surface area contributed by atoms with Crippen LogP contribution >= 0.6 is 0 Å². The van der Waals surface area contributed by atoms with Crippen molar-refractivity contribution in [2.45, 2.75) is 51.6 Å². The SMILES string of the molecule is C[C@@H]1CCC[C@H]2CCCN(Cc3nc4c(cnn4C)c(=O)[nH]3)[C@@H]21. The van der Waals surface area contributed by atoms with Crippen LogP contribution in [0.3, 0.4) is 0 Å². The minimum atomic E-state index is -0.0802. The van der Waals surface area contributed by atoms with Crippen molar-refractivity contribution in [2.75, 3.05) is 6.54 Å². The molecule has 4 rings (SSSR count). The molecular weight excluding hydrogens is 290 g/mol. The molecule has 2 aromatic rings. The van der Waals surface area contributed by atoms with E-state index in [1.807, 2.05) is 7.05 Å². The molecule has 23 heavy (non-hydrogen) atoms. The summed E-state index contributed by atoms with van der Waals surface area (Å²) in [4.78, 5) is 22.4. The van der Waals surface area contributed by atoms with Crippen LogP contribution in [0.15, 0.2) is 11.0 Å². The zero-order valence-corrected chi connectivity index (χ0v) is 14.0. The number of rotatable bonds is 2. The van der Waals surface area contributed by atoms with Crippen LogP contribution in [-0.4, -0.2) is 37.2 Å². The van der Waals surface area contributed by atoms with Gasteiger partial charge in [-0.05, 0) is 44.1 Å². The lowest BCUT2D eigenvalue weighted by Crippen LogP contribution is -2.50. The highest BCUT2D eigenvalue weighted by molar-refractivity contribution is 5.72. The van der Waals surface area contributed by atoms with Crippen LogP contribution in [-0.2, 0) is 13.6 Å². The lowest BCUT2D eigenvalue weighted by atomic mass is 9.73. The zero-order valence-electron chi connectivity index (χ0n) is 14.0. The van der Waals surface area contributed by atoms with Crippen molar-refractivity contribution in [3.05, 3.63) is 22.4 Å². The van der Waals surface area contributed by atoms with E-state index in [0.29, 0.717) is 17.1 Å². The van der Waals surface area contributed by atoms with Gasteiger partial charge in [-0.25, -0.2) is 4.98 Å². The molecule has 0 aromatic carbocycles. The van der Waals surface area contributed by atoms with Gasteiger partial charge >= 0.3 is 0 Å². The van der Waals surface area contributed by atoms with E-state index in [0.717, 1.165) is 30.7 Å². The first kappa shape index (κ1) is 14.9. The Hall–Kier alpha value is -1.69. The third-order valence-electron chi connectivity index (χ3n) is 5.75. The Morgan fingerprint density at radius 1 is 1.30 bits per heavy atom. The molecular formula is C17H25N5O. The normalized spacial score (nSPS) is 28.9. The third kappa shape index (κ3) is 2.59. The van der Waals surface area contributed by atoms with Gasteiger partial charge in [0.25, 0.3) is 5.56 Å². The van der Waals surface area contributed by atoms with E-state index in [-0.39, 0.29) is 5.56 Å². The fraction of sp³-hybridized carbons (Fsp3) is 0.706. The van der Waals surface area contributed by atoms with Crippen molar-refractivity contribution in [3.63, 3.8) is 0 Å². The summed E-state index contributed by atoms with van der Waals surface area (Å²) in [5.74, 6) is 2.32. The van der Waals surface area contributed by atoms with Gasteiger partial charge in [0.2, 0.25) is 0 Å². The summed E-state index contributed by atoms with van der Waals surface area (Å²) >= 11 is 0. The lowest BCUT2D eigenvalue weighted by molar-refractivity contribution is 0.0179. The van der Waals surface area contributed by atoms with Crippen LogP contribution in [0.25, 0.3) is 11.0 Å². The summed E-state index contributed by atoms with van der Waals surface area (Å²) in [6, 6.07) is 0.644. The van der Waals surface area contributed by atoms with Crippen LogP contribution in [0.1, 0.15) is 44.9 Å². The number of likely N-dealkylation sites (tertiary alicyclic amines) is 1. The molecule has 1 aliphatic carbocycles. The Labute approximate surface area is 135 Å². The first-order valence-corrected chi connectivity index (χ1v) is 8.78. The first-order valence-electron chi connectivity index (χ1n) is 8.78. The molecule has 2 fully saturated rings. The Bertz CT molecular complexity index is 762. The first-order chi connectivity index (χ1) is 11.1. The second-order valence-corrected chi connectivity index (χ2v) is 7.29. The summed E-state index contributed by atoms with van der Waals surface area (Å²) in [5, 5.41) is 4.71. The van der Waals surface area contributed by atoms with E-state index in [1.165, 1.54) is 32.1 Å². The maximum atomic E-state index is 12.2. The smallest absolute Gasteiger partial charge is 0.262 e. The maximum absolute atomic E-state index is 12.2. The van der Waals surface area contributed by atoms with E-state index >= 15 is 0 Å². The second-order valence-electron chi connectivity index (χ2n) is 7.29. The van der Waals surface area contributed by atoms with Gasteiger partial charge in [0, 0.05) is 13.1 Å². The molecule has 2 aliphatic rings. The summed E-state index contributed by atoms with van der Waals surface area (Å²) in [7, 11) is 1.83. The molecule has 0 radical (unpaired) electrons. The molecule has 0 spiro atoms. The van der Waals surface area contributed by atoms with Crippen LogP contribution in [0.4, 0.5) is 0 Å². The Kier molecular flexibility index (Phi) is 3.71. The quantitative estimate of drug-likeness (QED) is 0.921. The van der Waals surface area contributed by atoms with Gasteiger partial charge in [-0.3, -0.25) is 14.4 Å². The predicted molar refractivity (Wildman–Crippen MR) is 89.1 cm³/mol. The summed E-state index contributed by atoms with van der Waals surface area (Å²) in [6.07, 6.45) is 8.25. The third-order valence-corrected chi connectivity index (χ3v) is 5.75. The number of aryl methyl sites for hydroxylation is 1. The highest BCUT2D eigenvalue weighted by Crippen LogP contribution is 2.38. The van der Waals surface area contributed by atoms with Crippen molar-refractivity contribution in [3.8, 4) is 0 Å². The summed E-state index contributed by atoms with van der Waals surface area (Å²) < 4.78 is 1.68. The highest BCUT2D eigenvalue weighted by Gasteiger charge is 2.37. The van der Waals surface area contributed by atoms with Gasteiger partial charge in [-0.15, -0.1) is 0 Å². The molecule has 3 atom stereocenters. The fourth-order valence-corrected chi connectivity index (χ4v) is 4.72. The van der Waals surface area contributed by atoms with Crippen molar-refractivity contribution < 1.29 is 0 Å². The van der Waals surface area contributed by atoms with E-state index in [1.54, 1.807) is 10.9 Å². The molecule has 6 heteroatoms. The van der Waals surface area contributed by atoms with Crippen molar-refractivity contribution in [1.82, 2.24) is 24.6 Å². The van der Waals surface area contributed by atoms with Crippen molar-refractivity contribution in [1.29, 1.82) is 0 Å². The number of piperidine rings is 1. The Balaban J connectivity index is 1.64. The van der Waals surface area contributed by atoms with Crippen LogP contribution in [0.2, 0.25) is 0 Å². The highest BCUT2D eigenvalue weighted by atomic mass is 16.1. The van der Waals surface area contributed by atoms with E-state index in [9.17, 15) is 4.79 Å². The second kappa shape index (κ2) is 5.74. The van der Waals surface area contributed by atoms with Crippen molar-refractivity contribution >= 4 is 11.0 Å². The Morgan fingerprint density at radius 3 is 3.00 bits per heavy atom. The van der Waals surface area contributed by atoms with Gasteiger partial charge in [-0.2, -0.15) is 5.10 Å². The fourth-order valence-electron chi connectivity index (χ4n) is 4.72. The van der Waals surface area contributed by atoms with Gasteiger partial charge in [0.1, 0.15) is 11.2 Å². The number of fused-ring (bicyclic) bond motifs is 2. The summed E-state index contributed by atoms with van der Waals surface area (Å²) in [6.45, 7) is 4.23. The topological polar surface area (TPSA) is 66.8 Å². The molecule has 1 aliphatic heterocycles. The molecule has 124 valence electrons. The van der Waals surface area contributed by atoms with E-state index in [4.69, 9.17) is 0 Å². The molecule has 0 bridgehead atoms. The molecule has 1 N–H and O–H groups in total.